The Bertz CT molecular complexity index is 170. The van der Waals surface area contributed by atoms with Crippen molar-refractivity contribution in [3.63, 3.8) is 0 Å². The van der Waals surface area contributed by atoms with Crippen LogP contribution in [0.4, 0.5) is 39.5 Å². The number of alkyl halides is 9. The Balaban J connectivity index is 5.54. The van der Waals surface area contributed by atoms with Crippen molar-refractivity contribution in [2.75, 3.05) is 0 Å². The maximum atomic E-state index is 11.7. The number of halogens is 9. The van der Waals surface area contributed by atoms with Crippen LogP contribution >= 0.6 is 0 Å². The van der Waals surface area contributed by atoms with E-state index < -0.39 is 39.6 Å². The van der Waals surface area contributed by atoms with Gasteiger partial charge in [0.1, 0.15) is 0 Å². The van der Waals surface area contributed by atoms with Crippen molar-refractivity contribution in [2.45, 2.75) is 22.7 Å². The van der Waals surface area contributed by atoms with E-state index >= 15 is 0 Å². The molecule has 14 heavy (non-hydrogen) atoms. The molecule has 0 nitrogen and oxygen atoms in total. The third kappa shape index (κ3) is 1.96. The summed E-state index contributed by atoms with van der Waals surface area (Å²) in [5.41, 5.74) is 0. The van der Waals surface area contributed by atoms with Crippen LogP contribution in [0.2, 0.25) is 4.20 Å². The molecule has 1 atom stereocenters. The van der Waals surface area contributed by atoms with Crippen molar-refractivity contribution in [3.8, 4) is 0 Å². The first-order valence-electron chi connectivity index (χ1n) is 2.74. The summed E-state index contributed by atoms with van der Waals surface area (Å²) in [6.07, 6.45) is -19.2. The molecule has 0 aromatic heterocycles. The van der Waals surface area contributed by atoms with Crippen LogP contribution in [-0.2, 0) is 0 Å². The molecule has 1 unspecified atom stereocenters. The van der Waals surface area contributed by atoms with Crippen molar-refractivity contribution in [1.29, 1.82) is 0 Å². The predicted molar refractivity (Wildman–Crippen MR) is 29.4 cm³/mol. The molecule has 0 N–H and O–H groups in total. The van der Waals surface area contributed by atoms with E-state index in [1.807, 2.05) is 0 Å². The standard InChI is InChI=1S/C4H2AsF9/c5-1(2(6,7)8,3(9,10)11)4(12,13)14/h5H2. The molecule has 0 aromatic carbocycles. The van der Waals surface area contributed by atoms with Gasteiger partial charge in [-0.15, -0.1) is 0 Å². The molecular weight excluding hydrogens is 294 g/mol. The molecule has 0 aliphatic heterocycles. The van der Waals surface area contributed by atoms with E-state index in [0.29, 0.717) is 0 Å². The number of hydrogen-bond donors (Lipinski definition) is 0. The summed E-state index contributed by atoms with van der Waals surface area (Å²) in [7, 11) is 0. The summed E-state index contributed by atoms with van der Waals surface area (Å²) >= 11 is -1.47. The molecule has 0 aromatic rings. The quantitative estimate of drug-likeness (QED) is 0.476. The van der Waals surface area contributed by atoms with Gasteiger partial charge in [0.15, 0.2) is 0 Å². The van der Waals surface area contributed by atoms with Gasteiger partial charge < -0.3 is 0 Å². The minimum absolute atomic E-state index is 1.47. The second-order valence-electron chi connectivity index (χ2n) is 2.30. The zero-order chi connectivity index (χ0) is 12.0. The Labute approximate surface area is 79.9 Å². The third-order valence-electron chi connectivity index (χ3n) is 1.34. The molecule has 0 heterocycles. The van der Waals surface area contributed by atoms with E-state index in [4.69, 9.17) is 0 Å². The average molecular weight is 296 g/mol. The van der Waals surface area contributed by atoms with Gasteiger partial charge in [-0.05, 0) is 0 Å². The van der Waals surface area contributed by atoms with E-state index in [2.05, 4.69) is 0 Å². The van der Waals surface area contributed by atoms with E-state index in [-0.39, 0.29) is 0 Å². The van der Waals surface area contributed by atoms with Crippen LogP contribution in [0.3, 0.4) is 0 Å². The Morgan fingerprint density at radius 2 is 0.643 bits per heavy atom. The molecule has 0 amide bonds. The van der Waals surface area contributed by atoms with Crippen LogP contribution in [0.25, 0.3) is 0 Å². The van der Waals surface area contributed by atoms with Crippen LogP contribution in [0.1, 0.15) is 0 Å². The van der Waals surface area contributed by atoms with Crippen molar-refractivity contribution < 1.29 is 39.5 Å². The third-order valence-corrected chi connectivity index (χ3v) is 3.40. The average Bonchev–Trinajstić information content (AvgIpc) is 1.77. The monoisotopic (exact) mass is 296 g/mol. The topological polar surface area (TPSA) is 0 Å². The van der Waals surface area contributed by atoms with Gasteiger partial charge in [0.25, 0.3) is 0 Å². The van der Waals surface area contributed by atoms with E-state index in [0.717, 1.165) is 0 Å². The van der Waals surface area contributed by atoms with Gasteiger partial charge in [0.05, 0.1) is 0 Å². The zero-order valence-electron chi connectivity index (χ0n) is 5.98. The van der Waals surface area contributed by atoms with Crippen molar-refractivity contribution in [3.05, 3.63) is 0 Å². The van der Waals surface area contributed by atoms with Gasteiger partial charge in [0.2, 0.25) is 0 Å². The molecule has 0 radical (unpaired) electrons. The molecule has 86 valence electrons. The first-order valence-corrected chi connectivity index (χ1v) is 3.95. The second-order valence-corrected chi connectivity index (χ2v) is 4.12. The summed E-state index contributed by atoms with van der Waals surface area (Å²) in [6.45, 7) is 0. The van der Waals surface area contributed by atoms with Crippen molar-refractivity contribution >= 4 is 16.9 Å². The van der Waals surface area contributed by atoms with Gasteiger partial charge in [-0.25, -0.2) is 0 Å². The summed E-state index contributed by atoms with van der Waals surface area (Å²) in [6, 6.07) is 0. The second kappa shape index (κ2) is 3.21. The molecule has 10 heteroatoms. The fraction of sp³-hybridized carbons (Fsp3) is 1.00. The predicted octanol–water partition coefficient (Wildman–Crippen LogP) is 2.47. The van der Waals surface area contributed by atoms with Crippen LogP contribution < -0.4 is 0 Å². The van der Waals surface area contributed by atoms with E-state index in [1.54, 1.807) is 0 Å². The van der Waals surface area contributed by atoms with E-state index in [9.17, 15) is 39.5 Å². The molecule has 0 rings (SSSR count). The van der Waals surface area contributed by atoms with Crippen molar-refractivity contribution in [1.82, 2.24) is 0 Å². The Kier molecular flexibility index (Phi) is 3.20. The Hall–Kier alpha value is -0.0716. The first kappa shape index (κ1) is 13.9. The van der Waals surface area contributed by atoms with Gasteiger partial charge >= 0.3 is 79.1 Å². The van der Waals surface area contributed by atoms with Crippen LogP contribution in [0.15, 0.2) is 0 Å². The maximum absolute atomic E-state index is 11.7. The molecular formula is C4H2AsF9. The molecule has 0 spiro atoms. The fourth-order valence-electron chi connectivity index (χ4n) is 0.482. The van der Waals surface area contributed by atoms with Gasteiger partial charge in [-0.3, -0.25) is 0 Å². The fourth-order valence-corrected chi connectivity index (χ4v) is 0.482. The Morgan fingerprint density at radius 3 is 0.643 bits per heavy atom. The van der Waals surface area contributed by atoms with Gasteiger partial charge in [0, 0.05) is 0 Å². The summed E-state index contributed by atoms with van der Waals surface area (Å²) < 4.78 is 99.4. The van der Waals surface area contributed by atoms with Crippen LogP contribution in [-0.4, -0.2) is 35.4 Å². The molecule has 0 saturated carbocycles. The molecule has 0 fully saturated rings. The van der Waals surface area contributed by atoms with Gasteiger partial charge in [-0.2, -0.15) is 0 Å². The summed E-state index contributed by atoms with van der Waals surface area (Å²) in [5.74, 6) is 0. The molecule has 0 aliphatic rings. The molecule has 0 aliphatic carbocycles. The Morgan fingerprint density at radius 1 is 0.500 bits per heavy atom. The zero-order valence-corrected chi connectivity index (χ0v) is 8.40. The SMILES string of the molecule is FC(F)(F)C([AsH2])(C(F)(F)F)C(F)(F)F. The van der Waals surface area contributed by atoms with Crippen LogP contribution in [0.5, 0.6) is 0 Å². The summed E-state index contributed by atoms with van der Waals surface area (Å²) in [4.78, 5) is 0. The van der Waals surface area contributed by atoms with E-state index in [1.165, 1.54) is 0 Å². The number of rotatable bonds is 0. The number of hydrogen-bond acceptors (Lipinski definition) is 0. The van der Waals surface area contributed by atoms with Crippen molar-refractivity contribution in [2.24, 2.45) is 0 Å². The molecule has 0 bridgehead atoms. The molecule has 0 saturated heterocycles. The first-order chi connectivity index (χ1) is 5.75. The minimum atomic E-state index is -6.40. The van der Waals surface area contributed by atoms with Gasteiger partial charge in [-0.1, -0.05) is 0 Å². The summed E-state index contributed by atoms with van der Waals surface area (Å²) in [5, 5.41) is 0. The van der Waals surface area contributed by atoms with Crippen LogP contribution in [0, 0.1) is 0 Å². The normalized spacial score (nSPS) is 15.9.